The maximum absolute atomic E-state index is 13.6. The lowest BCUT2D eigenvalue weighted by Gasteiger charge is -2.14. The zero-order valence-electron chi connectivity index (χ0n) is 25.7. The van der Waals surface area contributed by atoms with E-state index >= 15 is 0 Å². The van der Waals surface area contributed by atoms with E-state index < -0.39 is 65.9 Å². The zero-order valence-corrected chi connectivity index (χ0v) is 25.7. The average Bonchev–Trinajstić information content (AvgIpc) is 3.33. The minimum absolute atomic E-state index is 0. The van der Waals surface area contributed by atoms with Crippen LogP contribution in [0.25, 0.3) is 5.69 Å². The van der Waals surface area contributed by atoms with E-state index in [1.165, 1.54) is 13.3 Å². The smallest absolute Gasteiger partial charge is 0.762 e. The van der Waals surface area contributed by atoms with Crippen molar-refractivity contribution < 1.29 is 68.7 Å². The van der Waals surface area contributed by atoms with Crippen LogP contribution in [0.5, 0.6) is 0 Å². The fourth-order valence-electron chi connectivity index (χ4n) is 4.51. The highest BCUT2D eigenvalue weighted by Crippen LogP contribution is 2.47. The van der Waals surface area contributed by atoms with E-state index in [4.69, 9.17) is 9.84 Å². The molecule has 1 fully saturated rings. The molecule has 49 heavy (non-hydrogen) atoms. The number of benzene rings is 3. The summed E-state index contributed by atoms with van der Waals surface area (Å²) < 4.78 is 103. The molecule has 6 rings (SSSR count). The van der Waals surface area contributed by atoms with Gasteiger partial charge in [-0.25, -0.2) is 17.7 Å². The van der Waals surface area contributed by atoms with Crippen molar-refractivity contribution in [3.8, 4) is 5.69 Å². The molecular formula is C31H29BF9N3O5. The van der Waals surface area contributed by atoms with Crippen LogP contribution in [0, 0.1) is 35.0 Å². The van der Waals surface area contributed by atoms with Crippen molar-refractivity contribution in [1.82, 2.24) is 9.78 Å². The first-order chi connectivity index (χ1) is 22.6. The zero-order chi connectivity index (χ0) is 35.8. The van der Waals surface area contributed by atoms with Gasteiger partial charge in [0.25, 0.3) is 5.82 Å². The van der Waals surface area contributed by atoms with Gasteiger partial charge in [0.2, 0.25) is 41.1 Å². The van der Waals surface area contributed by atoms with Gasteiger partial charge in [-0.1, -0.05) is 65.3 Å². The lowest BCUT2D eigenvalue weighted by Crippen LogP contribution is -3.00. The number of aliphatic hydroxyl groups excluding tert-OH is 1. The van der Waals surface area contributed by atoms with Crippen LogP contribution >= 0.6 is 0 Å². The Labute approximate surface area is 274 Å². The van der Waals surface area contributed by atoms with Gasteiger partial charge in [0, 0.05) is 11.5 Å². The third-order valence-electron chi connectivity index (χ3n) is 7.19. The third kappa shape index (κ3) is 10.1. The number of aryl methyl sites for hydroxylation is 2. The number of ether oxygens (including phenoxy) is 1. The Bertz CT molecular complexity index is 1650. The molecule has 1 aromatic heterocycles. The summed E-state index contributed by atoms with van der Waals surface area (Å²) in [6.07, 6.45) is 2.56. The number of rotatable bonds is 6. The summed E-state index contributed by atoms with van der Waals surface area (Å²) in [5.74, 6) is -11.1. The molecule has 1 saturated heterocycles. The summed E-state index contributed by atoms with van der Waals surface area (Å²) in [4.78, 5) is 21.1. The van der Waals surface area contributed by atoms with Crippen molar-refractivity contribution in [2.45, 2.75) is 51.0 Å². The minimum Gasteiger partial charge on any atom is -1.00 e. The van der Waals surface area contributed by atoms with E-state index in [1.807, 2.05) is 36.4 Å². The lowest BCUT2D eigenvalue weighted by molar-refractivity contribution is -0.691. The normalized spacial score (nSPS) is 18.0. The number of aromatic nitrogens is 3. The van der Waals surface area contributed by atoms with E-state index in [0.29, 0.717) is 29.0 Å². The summed E-state index contributed by atoms with van der Waals surface area (Å²) in [6.45, 7) is 3.89. The molecule has 3 aromatic carbocycles. The number of carbonyl (C=O) groups is 2. The van der Waals surface area contributed by atoms with Gasteiger partial charge in [-0.2, -0.15) is 8.78 Å². The van der Waals surface area contributed by atoms with Crippen LogP contribution in [-0.4, -0.2) is 45.4 Å². The minimum atomic E-state index is -3.67. The molecule has 0 amide bonds. The Balaban J connectivity index is 0.000000247. The van der Waals surface area contributed by atoms with E-state index in [0.717, 1.165) is 18.3 Å². The number of carboxylic acids is 1. The lowest BCUT2D eigenvalue weighted by atomic mass is 9.98. The van der Waals surface area contributed by atoms with Gasteiger partial charge in [-0.05, 0) is 31.4 Å². The summed E-state index contributed by atoms with van der Waals surface area (Å²) in [6, 6.07) is 18.6. The largest absolute Gasteiger partial charge is 1.00 e. The first-order valence-corrected chi connectivity index (χ1v) is 14.2. The van der Waals surface area contributed by atoms with E-state index in [1.54, 1.807) is 35.8 Å². The molecule has 2 aliphatic rings. The first kappa shape index (κ1) is 40.5. The highest BCUT2D eigenvalue weighted by atomic mass is 19.4. The van der Waals surface area contributed by atoms with Gasteiger partial charge in [0.15, 0.2) is 11.9 Å². The van der Waals surface area contributed by atoms with Gasteiger partial charge < -0.3 is 24.4 Å². The van der Waals surface area contributed by atoms with E-state index in [9.17, 15) is 49.6 Å². The summed E-state index contributed by atoms with van der Waals surface area (Å²) in [5.41, 5.74) is 0.0873. The fraction of sp³-hybridized carbons (Fsp3) is 0.290. The number of hydrogen-bond acceptors (Lipinski definition) is 5. The Hall–Kier alpha value is -4.71. The van der Waals surface area contributed by atoms with Crippen LogP contribution in [-0.2, 0) is 27.3 Å². The van der Waals surface area contributed by atoms with Crippen molar-refractivity contribution in [1.29, 1.82) is 0 Å². The predicted octanol–water partition coefficient (Wildman–Crippen LogP) is 2.84. The summed E-state index contributed by atoms with van der Waals surface area (Å²) in [7, 11) is -3.67. The van der Waals surface area contributed by atoms with Crippen LogP contribution in [0.15, 0.2) is 67.0 Å². The molecule has 0 aliphatic carbocycles. The quantitative estimate of drug-likeness (QED) is 0.0608. The number of aliphatic hydroxyl groups is 1. The monoisotopic (exact) mass is 705 g/mol. The number of nitrogens with zero attached hydrogens (tertiary/aromatic N) is 3. The number of hydrogen-bond donors (Lipinski definition) is 2. The second-order valence-electron chi connectivity index (χ2n) is 10.6. The van der Waals surface area contributed by atoms with Crippen molar-refractivity contribution in [3.05, 3.63) is 113 Å². The molecule has 3 heterocycles. The van der Waals surface area contributed by atoms with E-state index in [2.05, 4.69) is 5.10 Å². The Morgan fingerprint density at radius 3 is 1.92 bits per heavy atom. The number of carbonyl (C=O) groups excluding carboxylic acids is 1. The molecule has 264 valence electrons. The second kappa shape index (κ2) is 17.6. The van der Waals surface area contributed by atoms with Crippen LogP contribution in [0.2, 0.25) is 0 Å². The second-order valence-corrected chi connectivity index (χ2v) is 10.6. The predicted molar refractivity (Wildman–Crippen MR) is 154 cm³/mol. The standard InChI is InChI=1S/C11H7F5N3.C10H12O3.C10H10O2.BF3.FH/c12-6-7(13)9(15)11(10(16)8(6)14)19-4-18-3-1-2-5(18)17-19;1-7(10(12)13)9(11)8-5-3-2-4-6-8;1-10(7-11)9(12-10)8-5-3-2-4-6-8;2-1(3)4;/h4H,1-3H2;2-7,9,11H,1H3,(H,12,13);2-7,9H,1H3;;1H/q+1;;;;/p-1/t;7-,9+;9?,10-;;/m.11../s1. The average molecular weight is 705 g/mol. The number of halogens is 9. The van der Waals surface area contributed by atoms with Crippen molar-refractivity contribution >= 4 is 19.8 Å². The molecule has 4 atom stereocenters. The first-order valence-electron chi connectivity index (χ1n) is 14.2. The number of fused-ring (bicyclic) bond motifs is 1. The summed E-state index contributed by atoms with van der Waals surface area (Å²) in [5, 5.41) is 22.1. The highest BCUT2D eigenvalue weighted by molar-refractivity contribution is 6.33. The van der Waals surface area contributed by atoms with Crippen LogP contribution < -0.4 is 9.27 Å². The van der Waals surface area contributed by atoms with Crippen molar-refractivity contribution in [2.24, 2.45) is 5.92 Å². The van der Waals surface area contributed by atoms with Crippen LogP contribution in [0.4, 0.5) is 34.9 Å². The van der Waals surface area contributed by atoms with Crippen molar-refractivity contribution in [3.63, 3.8) is 0 Å². The third-order valence-corrected chi connectivity index (χ3v) is 7.19. The Morgan fingerprint density at radius 2 is 1.47 bits per heavy atom. The molecule has 4 aromatic rings. The molecule has 18 heteroatoms. The molecule has 2 aliphatic heterocycles. The molecule has 0 saturated carbocycles. The maximum Gasteiger partial charge on any atom is 0.762 e. The molecule has 0 spiro atoms. The van der Waals surface area contributed by atoms with Crippen LogP contribution in [0.1, 0.15) is 49.4 Å². The van der Waals surface area contributed by atoms with Gasteiger partial charge >= 0.3 is 13.5 Å². The molecule has 2 N–H and O–H groups in total. The van der Waals surface area contributed by atoms with Gasteiger partial charge in [0.1, 0.15) is 6.10 Å². The molecule has 1 unspecified atom stereocenters. The van der Waals surface area contributed by atoms with E-state index in [-0.39, 0.29) is 10.8 Å². The van der Waals surface area contributed by atoms with Gasteiger partial charge in [0.05, 0.1) is 18.6 Å². The molecule has 0 bridgehead atoms. The van der Waals surface area contributed by atoms with Crippen molar-refractivity contribution in [2.75, 3.05) is 0 Å². The van der Waals surface area contributed by atoms with Crippen LogP contribution in [0.3, 0.4) is 0 Å². The molecular weight excluding hydrogens is 676 g/mol. The fourth-order valence-corrected chi connectivity index (χ4v) is 4.51. The summed E-state index contributed by atoms with van der Waals surface area (Å²) >= 11 is 0. The Kier molecular flexibility index (Phi) is 14.6. The number of aldehydes is 1. The van der Waals surface area contributed by atoms with Gasteiger partial charge in [-0.3, -0.25) is 17.7 Å². The SMILES string of the molecule is C[C@@H](C(=O)O)[C@H](O)c1ccccc1.C[C@]1(C=O)OC1c1ccccc1.FB(F)F.Fc1c(F)c(F)c(-n2c[n+]3c(n2)CCC3)c(F)c1F.[F-]. The van der Waals surface area contributed by atoms with Gasteiger partial charge in [-0.15, -0.1) is 0 Å². The molecule has 8 nitrogen and oxygen atoms in total. The number of aliphatic carboxylic acids is 1. The topological polar surface area (TPSA) is 109 Å². The number of epoxide rings is 1. The number of carboxylic acid groups (broad SMARTS) is 1. The molecule has 0 radical (unpaired) electrons. The highest BCUT2D eigenvalue weighted by Gasteiger charge is 2.53. The Morgan fingerprint density at radius 1 is 0.980 bits per heavy atom. The maximum atomic E-state index is 13.6.